The van der Waals surface area contributed by atoms with Crippen LogP contribution in [0.2, 0.25) is 0 Å². The van der Waals surface area contributed by atoms with Gasteiger partial charge in [-0.05, 0) is 41.3 Å². The Hall–Kier alpha value is -2.91. The number of sulfonamides is 1. The lowest BCUT2D eigenvalue weighted by Crippen LogP contribution is -2.22. The highest BCUT2D eigenvalue weighted by atomic mass is 32.2. The molecular formula is C21H26N2O6S. The number of hydrogen-bond acceptors (Lipinski definition) is 6. The molecule has 0 fully saturated rings. The number of nitrogens with two attached hydrogens (primary N) is 1. The van der Waals surface area contributed by atoms with Crippen molar-refractivity contribution in [3.8, 4) is 5.75 Å². The Bertz CT molecular complexity index is 995. The molecule has 0 atom stereocenters. The molecule has 0 aliphatic heterocycles. The fourth-order valence-corrected chi connectivity index (χ4v) is 3.03. The standard InChI is InChI=1S/C21H26N2O6S/c1-21(2,3)15-7-9-17(10-8-15)28-12-11-20(25)29-14-19(24)23-16-5-4-6-18(13-16)30(22,26)27/h4-10,13H,11-12,14H2,1-3H3,(H,23,24)(H2,22,26,27). The van der Waals surface area contributed by atoms with Crippen molar-refractivity contribution in [2.45, 2.75) is 37.5 Å². The van der Waals surface area contributed by atoms with Crippen molar-refractivity contribution in [3.05, 3.63) is 54.1 Å². The van der Waals surface area contributed by atoms with Crippen molar-refractivity contribution >= 4 is 27.6 Å². The van der Waals surface area contributed by atoms with E-state index in [9.17, 15) is 18.0 Å². The summed E-state index contributed by atoms with van der Waals surface area (Å²) in [6, 6.07) is 13.1. The smallest absolute Gasteiger partial charge is 0.309 e. The minimum absolute atomic E-state index is 0.0186. The molecule has 162 valence electrons. The summed E-state index contributed by atoms with van der Waals surface area (Å²) in [5.74, 6) is -0.549. The summed E-state index contributed by atoms with van der Waals surface area (Å²) < 4.78 is 33.1. The first kappa shape index (κ1) is 23.4. The number of benzene rings is 2. The van der Waals surface area contributed by atoms with Crippen LogP contribution in [-0.2, 0) is 29.8 Å². The molecule has 0 unspecified atom stereocenters. The molecule has 0 saturated heterocycles. The molecule has 2 rings (SSSR count). The maximum Gasteiger partial charge on any atom is 0.309 e. The highest BCUT2D eigenvalue weighted by Crippen LogP contribution is 2.24. The number of rotatable bonds is 8. The van der Waals surface area contributed by atoms with E-state index in [1.54, 1.807) is 0 Å². The average Bonchev–Trinajstić information content (AvgIpc) is 2.66. The lowest BCUT2D eigenvalue weighted by Gasteiger charge is -2.19. The molecule has 0 radical (unpaired) electrons. The highest BCUT2D eigenvalue weighted by Gasteiger charge is 2.14. The Morgan fingerprint density at radius 3 is 2.33 bits per heavy atom. The Morgan fingerprint density at radius 2 is 1.73 bits per heavy atom. The zero-order valence-corrected chi connectivity index (χ0v) is 18.0. The summed E-state index contributed by atoms with van der Waals surface area (Å²) in [5.41, 5.74) is 1.45. The summed E-state index contributed by atoms with van der Waals surface area (Å²) in [5, 5.41) is 7.49. The number of carbonyl (C=O) groups is 2. The molecule has 0 aliphatic rings. The van der Waals surface area contributed by atoms with E-state index in [2.05, 4.69) is 26.1 Å². The van der Waals surface area contributed by atoms with E-state index in [0.29, 0.717) is 5.75 Å². The van der Waals surface area contributed by atoms with Crippen LogP contribution in [0.15, 0.2) is 53.4 Å². The number of anilines is 1. The highest BCUT2D eigenvalue weighted by molar-refractivity contribution is 7.89. The van der Waals surface area contributed by atoms with Gasteiger partial charge in [0.2, 0.25) is 10.0 Å². The fourth-order valence-electron chi connectivity index (χ4n) is 2.47. The molecule has 2 aromatic carbocycles. The summed E-state index contributed by atoms with van der Waals surface area (Å²) in [6.45, 7) is 5.97. The number of hydrogen-bond donors (Lipinski definition) is 2. The first-order valence-corrected chi connectivity index (χ1v) is 10.8. The first-order chi connectivity index (χ1) is 13.9. The topological polar surface area (TPSA) is 125 Å². The van der Waals surface area contributed by atoms with E-state index in [-0.39, 0.29) is 29.0 Å². The Balaban J connectivity index is 1.74. The molecule has 1 amide bonds. The Kier molecular flexibility index (Phi) is 7.58. The second-order valence-corrected chi connectivity index (χ2v) is 9.22. The van der Waals surface area contributed by atoms with E-state index in [0.717, 1.165) is 0 Å². The normalized spacial score (nSPS) is 11.6. The maximum atomic E-state index is 11.9. The lowest BCUT2D eigenvalue weighted by atomic mass is 9.87. The van der Waals surface area contributed by atoms with Crippen molar-refractivity contribution in [1.29, 1.82) is 0 Å². The van der Waals surface area contributed by atoms with Gasteiger partial charge in [0.1, 0.15) is 5.75 Å². The summed E-state index contributed by atoms with van der Waals surface area (Å²) in [4.78, 5) is 23.5. The summed E-state index contributed by atoms with van der Waals surface area (Å²) >= 11 is 0. The van der Waals surface area contributed by atoms with Crippen LogP contribution in [0.3, 0.4) is 0 Å². The van der Waals surface area contributed by atoms with Crippen LogP contribution in [0, 0.1) is 0 Å². The molecule has 0 spiro atoms. The zero-order chi connectivity index (χ0) is 22.4. The van der Waals surface area contributed by atoms with E-state index in [4.69, 9.17) is 14.6 Å². The van der Waals surface area contributed by atoms with Gasteiger partial charge in [-0.1, -0.05) is 39.0 Å². The fraction of sp³-hybridized carbons (Fsp3) is 0.333. The lowest BCUT2D eigenvalue weighted by molar-refractivity contribution is -0.147. The van der Waals surface area contributed by atoms with Gasteiger partial charge in [-0.15, -0.1) is 0 Å². The van der Waals surface area contributed by atoms with Gasteiger partial charge < -0.3 is 14.8 Å². The van der Waals surface area contributed by atoms with Crippen LogP contribution in [0.25, 0.3) is 0 Å². The van der Waals surface area contributed by atoms with Gasteiger partial charge in [-0.2, -0.15) is 0 Å². The van der Waals surface area contributed by atoms with Gasteiger partial charge in [-0.25, -0.2) is 13.6 Å². The quantitative estimate of drug-likeness (QED) is 0.615. The predicted octanol–water partition coefficient (Wildman–Crippen LogP) is 2.58. The van der Waals surface area contributed by atoms with Crippen molar-refractivity contribution < 1.29 is 27.5 Å². The summed E-state index contributed by atoms with van der Waals surface area (Å²) in [6.07, 6.45) is -0.0186. The second kappa shape index (κ2) is 9.73. The van der Waals surface area contributed by atoms with Crippen molar-refractivity contribution in [2.24, 2.45) is 5.14 Å². The molecule has 9 heteroatoms. The number of primary sulfonamides is 1. The van der Waals surface area contributed by atoms with Gasteiger partial charge in [0, 0.05) is 5.69 Å². The molecule has 0 bridgehead atoms. The molecule has 0 aromatic heterocycles. The van der Waals surface area contributed by atoms with Gasteiger partial charge >= 0.3 is 5.97 Å². The van der Waals surface area contributed by atoms with Crippen LogP contribution >= 0.6 is 0 Å². The van der Waals surface area contributed by atoms with Crippen LogP contribution in [0.1, 0.15) is 32.8 Å². The molecule has 0 saturated carbocycles. The van der Waals surface area contributed by atoms with Crippen LogP contribution in [-0.4, -0.2) is 33.5 Å². The van der Waals surface area contributed by atoms with Gasteiger partial charge in [0.15, 0.2) is 6.61 Å². The van der Waals surface area contributed by atoms with Crippen LogP contribution in [0.5, 0.6) is 5.75 Å². The molecule has 0 aliphatic carbocycles. The second-order valence-electron chi connectivity index (χ2n) is 7.65. The minimum atomic E-state index is -3.88. The Morgan fingerprint density at radius 1 is 1.07 bits per heavy atom. The van der Waals surface area contributed by atoms with E-state index in [1.807, 2.05) is 24.3 Å². The van der Waals surface area contributed by atoms with Crippen molar-refractivity contribution in [1.82, 2.24) is 0 Å². The number of nitrogens with one attached hydrogen (secondary N) is 1. The molecular weight excluding hydrogens is 408 g/mol. The van der Waals surface area contributed by atoms with Gasteiger partial charge in [0.25, 0.3) is 5.91 Å². The van der Waals surface area contributed by atoms with Crippen LogP contribution < -0.4 is 15.2 Å². The minimum Gasteiger partial charge on any atom is -0.493 e. The maximum absolute atomic E-state index is 11.9. The summed E-state index contributed by atoms with van der Waals surface area (Å²) in [7, 11) is -3.88. The van der Waals surface area contributed by atoms with E-state index >= 15 is 0 Å². The SMILES string of the molecule is CC(C)(C)c1ccc(OCCC(=O)OCC(=O)Nc2cccc(S(N)(=O)=O)c2)cc1. The molecule has 30 heavy (non-hydrogen) atoms. The number of carbonyl (C=O) groups excluding carboxylic acids is 2. The predicted molar refractivity (Wildman–Crippen MR) is 113 cm³/mol. The van der Waals surface area contributed by atoms with Crippen molar-refractivity contribution in [2.75, 3.05) is 18.5 Å². The Labute approximate surface area is 176 Å². The third-order valence-electron chi connectivity index (χ3n) is 4.11. The van der Waals surface area contributed by atoms with Gasteiger partial charge in [0.05, 0.1) is 17.9 Å². The average molecular weight is 435 g/mol. The monoisotopic (exact) mass is 434 g/mol. The zero-order valence-electron chi connectivity index (χ0n) is 17.2. The first-order valence-electron chi connectivity index (χ1n) is 9.27. The van der Waals surface area contributed by atoms with E-state index in [1.165, 1.54) is 29.8 Å². The molecule has 2 aromatic rings. The van der Waals surface area contributed by atoms with Crippen molar-refractivity contribution in [3.63, 3.8) is 0 Å². The number of ether oxygens (including phenoxy) is 2. The van der Waals surface area contributed by atoms with Crippen LogP contribution in [0.4, 0.5) is 5.69 Å². The largest absolute Gasteiger partial charge is 0.493 e. The van der Waals surface area contributed by atoms with E-state index < -0.39 is 28.5 Å². The number of amides is 1. The van der Waals surface area contributed by atoms with Gasteiger partial charge in [-0.3, -0.25) is 9.59 Å². The number of esters is 1. The third kappa shape index (κ3) is 7.49. The molecule has 8 nitrogen and oxygen atoms in total. The third-order valence-corrected chi connectivity index (χ3v) is 5.02. The molecule has 3 N–H and O–H groups in total. The molecule has 0 heterocycles.